The lowest BCUT2D eigenvalue weighted by atomic mass is 10.1. The van der Waals surface area contributed by atoms with Crippen molar-refractivity contribution < 1.29 is 85.8 Å². The summed E-state index contributed by atoms with van der Waals surface area (Å²) in [7, 11) is 0. The number of hydrogen-bond acceptors (Lipinski definition) is 18. The first-order chi connectivity index (χ1) is 36.0. The number of ether oxygens (including phenoxy) is 9. The van der Waals surface area contributed by atoms with Gasteiger partial charge in [0, 0.05) is 36.5 Å². The van der Waals surface area contributed by atoms with E-state index in [4.69, 9.17) is 42.6 Å². The zero-order valence-corrected chi connectivity index (χ0v) is 39.3. The van der Waals surface area contributed by atoms with Crippen molar-refractivity contribution in [1.82, 2.24) is 0 Å². The van der Waals surface area contributed by atoms with Gasteiger partial charge in [0.2, 0.25) is 0 Å². The smallest absolute Gasteiger partial charge is 0.343 e. The minimum Gasteiger partial charge on any atom is -0.423 e. The van der Waals surface area contributed by atoms with Gasteiger partial charge < -0.3 is 42.6 Å². The summed E-state index contributed by atoms with van der Waals surface area (Å²) in [5, 5.41) is 0. The van der Waals surface area contributed by atoms with E-state index in [-0.39, 0.29) is 45.6 Å². The molecule has 0 spiro atoms. The van der Waals surface area contributed by atoms with Gasteiger partial charge in [-0.15, -0.1) is 0 Å². The number of rotatable bonds is 19. The lowest BCUT2D eigenvalue weighted by molar-refractivity contribution is -0.131. The molecule has 0 fully saturated rings. The quantitative estimate of drug-likeness (QED) is 0.0417. The summed E-state index contributed by atoms with van der Waals surface area (Å²) in [5.74, 6) is -6.26. The van der Waals surface area contributed by atoms with Crippen LogP contribution in [0, 0.1) is 0 Å². The fourth-order valence-corrected chi connectivity index (χ4v) is 5.68. The Morgan fingerprint density at radius 1 is 0.253 bits per heavy atom. The number of carbonyl (C=O) groups excluding carboxylic acids is 9. The minimum absolute atomic E-state index is 0.0547. The maximum Gasteiger partial charge on any atom is 0.343 e. The van der Waals surface area contributed by atoms with Crippen LogP contribution >= 0.6 is 0 Å². The summed E-state index contributed by atoms with van der Waals surface area (Å²) in [5.41, 5.74) is 2.00. The molecule has 0 saturated carbocycles. The predicted octanol–water partition coefficient (Wildman–Crippen LogP) is 9.25. The molecule has 0 unspecified atom stereocenters. The van der Waals surface area contributed by atoms with Gasteiger partial charge in [-0.3, -0.25) is 0 Å². The Bertz CT molecular complexity index is 3100. The average molecular weight is 1010 g/mol. The molecule has 0 bridgehead atoms. The second kappa shape index (κ2) is 26.8. The van der Waals surface area contributed by atoms with Crippen LogP contribution in [0.3, 0.4) is 0 Å². The molecule has 0 N–H and O–H groups in total. The summed E-state index contributed by atoms with van der Waals surface area (Å²) in [6.07, 6.45) is 5.72. The minimum atomic E-state index is -0.863. The molecule has 18 nitrogen and oxygen atoms in total. The van der Waals surface area contributed by atoms with Gasteiger partial charge in [-0.2, -0.15) is 0 Å². The van der Waals surface area contributed by atoms with E-state index in [0.717, 1.165) is 59.7 Å². The lowest BCUT2D eigenvalue weighted by Crippen LogP contribution is -2.12. The van der Waals surface area contributed by atoms with Gasteiger partial charge in [0.15, 0.2) is 23.0 Å². The van der Waals surface area contributed by atoms with Crippen molar-refractivity contribution in [2.45, 2.75) is 0 Å². The Labute approximate surface area is 427 Å². The molecule has 376 valence electrons. The number of hydrogen-bond donors (Lipinski definition) is 0. The van der Waals surface area contributed by atoms with E-state index < -0.39 is 53.7 Å². The Balaban J connectivity index is 0.000000294. The van der Waals surface area contributed by atoms with Crippen LogP contribution in [-0.2, 0) is 28.8 Å². The van der Waals surface area contributed by atoms with Gasteiger partial charge in [-0.05, 0) is 120 Å². The molecule has 6 aromatic rings. The Morgan fingerprint density at radius 2 is 0.480 bits per heavy atom. The third-order valence-corrected chi connectivity index (χ3v) is 9.23. The van der Waals surface area contributed by atoms with Crippen LogP contribution in [0.1, 0.15) is 31.1 Å². The highest BCUT2D eigenvalue weighted by molar-refractivity contribution is 5.95. The van der Waals surface area contributed by atoms with Gasteiger partial charge >= 0.3 is 53.7 Å². The summed E-state index contributed by atoms with van der Waals surface area (Å²) in [4.78, 5) is 107. The van der Waals surface area contributed by atoms with Crippen molar-refractivity contribution in [2.75, 3.05) is 0 Å². The third kappa shape index (κ3) is 16.5. The highest BCUT2D eigenvalue weighted by atomic mass is 16.6. The highest BCUT2D eigenvalue weighted by Gasteiger charge is 2.20. The number of benzene rings is 6. The standard InChI is InChI=1S/C32H22O12.C25H18O6/c1-5-27(33)41-23-15-9-19(17-25(23)43-29(35)7-3)31(37)39-21-11-13-22(14-12-21)40-32(38)20-10-16-24(42-28(34)6-2)26(18-20)44-30(36)8-4;1-3-23(26)29-20-11-5-17(6-12-20)18-7-13-22(14-8-18)31-25(28)19-9-15-21(16-10-19)30-24(27)4-2/h5-18H,1-4H2;3-16H,1-2H2. The molecule has 0 aliphatic carbocycles. The van der Waals surface area contributed by atoms with E-state index in [1.165, 1.54) is 72.8 Å². The first-order valence-corrected chi connectivity index (χ1v) is 21.5. The molecule has 75 heavy (non-hydrogen) atoms. The molecule has 0 saturated heterocycles. The Hall–Kier alpha value is -11.0. The molecule has 0 aromatic heterocycles. The van der Waals surface area contributed by atoms with Crippen LogP contribution in [0.2, 0.25) is 0 Å². The zero-order chi connectivity index (χ0) is 54.4. The summed E-state index contributed by atoms with van der Waals surface area (Å²) in [6, 6.07) is 32.6. The maximum absolute atomic E-state index is 12.7. The van der Waals surface area contributed by atoms with Gasteiger partial charge in [0.05, 0.1) is 16.7 Å². The van der Waals surface area contributed by atoms with Gasteiger partial charge in [-0.25, -0.2) is 43.2 Å². The topological polar surface area (TPSA) is 237 Å². The number of esters is 9. The van der Waals surface area contributed by atoms with Crippen LogP contribution in [-0.4, -0.2) is 53.7 Å². The molecular formula is C57H40O18. The fraction of sp³-hybridized carbons (Fsp3) is 0. The molecule has 6 rings (SSSR count). The molecule has 0 atom stereocenters. The summed E-state index contributed by atoms with van der Waals surface area (Å²) < 4.78 is 46.2. The monoisotopic (exact) mass is 1010 g/mol. The SMILES string of the molecule is C=CC(=O)Oc1ccc(C(=O)Oc2ccc(-c3ccc(OC(=O)C=C)cc3)cc2)cc1.C=CC(=O)Oc1ccc(C(=O)Oc2ccc(OC(=O)c3ccc(OC(=O)C=C)c(OC(=O)C=C)c3)cc2)cc1OC(=O)C=C. The molecule has 18 heteroatoms. The highest BCUT2D eigenvalue weighted by Crippen LogP contribution is 2.32. The molecule has 0 aliphatic heterocycles. The second-order valence-corrected chi connectivity index (χ2v) is 14.3. The van der Waals surface area contributed by atoms with Crippen LogP contribution < -0.4 is 42.6 Å². The molecule has 0 heterocycles. The largest absolute Gasteiger partial charge is 0.423 e. The van der Waals surface area contributed by atoms with Crippen LogP contribution in [0.15, 0.2) is 209 Å². The summed E-state index contributed by atoms with van der Waals surface area (Å²) in [6.45, 7) is 19.8. The molecule has 0 radical (unpaired) electrons. The van der Waals surface area contributed by atoms with Crippen LogP contribution in [0.4, 0.5) is 0 Å². The number of carbonyl (C=O) groups is 9. The van der Waals surface area contributed by atoms with Crippen LogP contribution in [0.5, 0.6) is 51.7 Å². The first-order valence-electron chi connectivity index (χ1n) is 21.5. The molecule has 0 amide bonds. The molecule has 6 aromatic carbocycles. The van der Waals surface area contributed by atoms with E-state index >= 15 is 0 Å². The van der Waals surface area contributed by atoms with E-state index in [1.54, 1.807) is 24.3 Å². The van der Waals surface area contributed by atoms with E-state index in [0.29, 0.717) is 22.8 Å². The zero-order valence-electron chi connectivity index (χ0n) is 39.3. The lowest BCUT2D eigenvalue weighted by Gasteiger charge is -2.11. The van der Waals surface area contributed by atoms with Gasteiger partial charge in [-0.1, -0.05) is 63.7 Å². The molecular weight excluding hydrogens is 973 g/mol. The van der Waals surface area contributed by atoms with Crippen molar-refractivity contribution >= 4 is 53.7 Å². The van der Waals surface area contributed by atoms with Crippen molar-refractivity contribution in [3.05, 3.63) is 226 Å². The predicted molar refractivity (Wildman–Crippen MR) is 268 cm³/mol. The molecule has 0 aliphatic rings. The van der Waals surface area contributed by atoms with Crippen molar-refractivity contribution in [1.29, 1.82) is 0 Å². The maximum atomic E-state index is 12.7. The van der Waals surface area contributed by atoms with E-state index in [9.17, 15) is 43.2 Å². The van der Waals surface area contributed by atoms with Gasteiger partial charge in [0.25, 0.3) is 0 Å². The normalized spacial score (nSPS) is 9.87. The fourth-order valence-electron chi connectivity index (χ4n) is 5.68. The van der Waals surface area contributed by atoms with Crippen molar-refractivity contribution in [2.24, 2.45) is 0 Å². The average Bonchev–Trinajstić information content (AvgIpc) is 3.42. The Kier molecular flexibility index (Phi) is 19.6. The van der Waals surface area contributed by atoms with Crippen molar-refractivity contribution in [3.63, 3.8) is 0 Å². The summed E-state index contributed by atoms with van der Waals surface area (Å²) >= 11 is 0. The van der Waals surface area contributed by atoms with E-state index in [1.807, 2.05) is 24.3 Å². The van der Waals surface area contributed by atoms with E-state index in [2.05, 4.69) is 39.5 Å². The Morgan fingerprint density at radius 3 is 0.787 bits per heavy atom. The van der Waals surface area contributed by atoms with Gasteiger partial charge in [0.1, 0.15) is 28.7 Å². The second-order valence-electron chi connectivity index (χ2n) is 14.3. The van der Waals surface area contributed by atoms with Crippen LogP contribution in [0.25, 0.3) is 11.1 Å². The van der Waals surface area contributed by atoms with Crippen molar-refractivity contribution in [3.8, 4) is 62.9 Å². The third-order valence-electron chi connectivity index (χ3n) is 9.23. The first kappa shape index (κ1) is 54.9.